The van der Waals surface area contributed by atoms with Gasteiger partial charge in [0.2, 0.25) is 0 Å². The normalized spacial score (nSPS) is 11.0. The van der Waals surface area contributed by atoms with Crippen molar-refractivity contribution in [1.29, 1.82) is 0 Å². The van der Waals surface area contributed by atoms with Crippen LogP contribution in [0.15, 0.2) is 55.0 Å². The van der Waals surface area contributed by atoms with E-state index in [-0.39, 0.29) is 5.91 Å². The number of hydrogen-bond acceptors (Lipinski definition) is 4. The number of amides is 1. The third kappa shape index (κ3) is 3.22. The Morgan fingerprint density at radius 3 is 2.71 bits per heavy atom. The van der Waals surface area contributed by atoms with E-state index in [1.807, 2.05) is 25.3 Å². The number of benzene rings is 1. The first-order valence-corrected chi connectivity index (χ1v) is 8.72. The third-order valence-electron chi connectivity index (χ3n) is 4.43. The van der Waals surface area contributed by atoms with Crippen molar-refractivity contribution in [3.8, 4) is 16.9 Å². The zero-order chi connectivity index (χ0) is 19.8. The lowest BCUT2D eigenvalue weighted by atomic mass is 10.0. The average molecular weight is 375 g/mol. The van der Waals surface area contributed by atoms with Crippen LogP contribution in [-0.4, -0.2) is 44.7 Å². The second kappa shape index (κ2) is 6.84. The quantitative estimate of drug-likeness (QED) is 0.549. The first-order chi connectivity index (χ1) is 13.4. The van der Waals surface area contributed by atoms with Crippen LogP contribution < -0.4 is 0 Å². The number of pyridine rings is 2. The van der Waals surface area contributed by atoms with Crippen LogP contribution in [0.4, 0.5) is 4.39 Å². The highest BCUT2D eigenvalue weighted by Gasteiger charge is 2.17. The zero-order valence-electron chi connectivity index (χ0n) is 15.7. The molecule has 0 unspecified atom stereocenters. The molecule has 0 bridgehead atoms. The molecule has 3 heterocycles. The first-order valence-electron chi connectivity index (χ1n) is 8.72. The van der Waals surface area contributed by atoms with Crippen LogP contribution in [0.5, 0.6) is 0 Å². The molecule has 140 valence electrons. The molecule has 1 aromatic carbocycles. The van der Waals surface area contributed by atoms with Crippen molar-refractivity contribution in [3.05, 3.63) is 72.1 Å². The lowest BCUT2D eigenvalue weighted by Crippen LogP contribution is -2.22. The van der Waals surface area contributed by atoms with Gasteiger partial charge in [0.1, 0.15) is 5.82 Å². The van der Waals surface area contributed by atoms with Gasteiger partial charge in [-0.1, -0.05) is 0 Å². The topological polar surface area (TPSA) is 63.9 Å². The number of rotatable bonds is 3. The Labute approximate surface area is 161 Å². The summed E-state index contributed by atoms with van der Waals surface area (Å²) in [5.74, 6) is -0.618. The predicted molar refractivity (Wildman–Crippen MR) is 105 cm³/mol. The van der Waals surface area contributed by atoms with E-state index in [2.05, 4.69) is 15.1 Å². The molecule has 0 aliphatic carbocycles. The summed E-state index contributed by atoms with van der Waals surface area (Å²) in [6.07, 6.45) is 5.26. The van der Waals surface area contributed by atoms with Gasteiger partial charge in [-0.3, -0.25) is 9.78 Å². The maximum absolute atomic E-state index is 13.8. The van der Waals surface area contributed by atoms with Gasteiger partial charge in [-0.25, -0.2) is 14.1 Å². The van der Waals surface area contributed by atoms with E-state index >= 15 is 0 Å². The van der Waals surface area contributed by atoms with E-state index in [1.54, 1.807) is 43.3 Å². The summed E-state index contributed by atoms with van der Waals surface area (Å²) in [6, 6.07) is 9.73. The number of aromatic nitrogens is 4. The molecule has 0 atom stereocenters. The summed E-state index contributed by atoms with van der Waals surface area (Å²) in [6.45, 7) is 1.91. The van der Waals surface area contributed by atoms with Crippen molar-refractivity contribution in [2.45, 2.75) is 6.92 Å². The van der Waals surface area contributed by atoms with E-state index < -0.39 is 5.82 Å². The van der Waals surface area contributed by atoms with Gasteiger partial charge in [0.15, 0.2) is 0 Å². The number of carbonyl (C=O) groups excluding carboxylic acids is 1. The molecule has 3 aromatic heterocycles. The van der Waals surface area contributed by atoms with Crippen molar-refractivity contribution in [3.63, 3.8) is 0 Å². The molecular weight excluding hydrogens is 357 g/mol. The van der Waals surface area contributed by atoms with Crippen LogP contribution in [0.1, 0.15) is 16.1 Å². The molecule has 1 amide bonds. The van der Waals surface area contributed by atoms with Gasteiger partial charge in [-0.2, -0.15) is 5.10 Å². The monoisotopic (exact) mass is 375 g/mol. The number of fused-ring (bicyclic) bond motifs is 1. The molecule has 7 heteroatoms. The highest BCUT2D eigenvalue weighted by molar-refractivity contribution is 6.07. The Hall–Kier alpha value is -3.61. The fraction of sp³-hybridized carbons (Fsp3) is 0.143. The minimum absolute atomic E-state index is 0.212. The summed E-state index contributed by atoms with van der Waals surface area (Å²) < 4.78 is 15.5. The summed E-state index contributed by atoms with van der Waals surface area (Å²) in [5.41, 5.74) is 4.08. The van der Waals surface area contributed by atoms with Gasteiger partial charge in [-0.05, 0) is 43.3 Å². The second-order valence-corrected chi connectivity index (χ2v) is 6.75. The molecule has 0 N–H and O–H groups in total. The summed E-state index contributed by atoms with van der Waals surface area (Å²) in [4.78, 5) is 22.9. The lowest BCUT2D eigenvalue weighted by molar-refractivity contribution is 0.0829. The molecule has 0 saturated carbocycles. The van der Waals surface area contributed by atoms with Crippen LogP contribution in [0.2, 0.25) is 0 Å². The van der Waals surface area contributed by atoms with Crippen molar-refractivity contribution in [1.82, 2.24) is 24.6 Å². The van der Waals surface area contributed by atoms with E-state index in [0.717, 1.165) is 16.9 Å². The smallest absolute Gasteiger partial charge is 0.254 e. The van der Waals surface area contributed by atoms with Gasteiger partial charge >= 0.3 is 0 Å². The largest absolute Gasteiger partial charge is 0.345 e. The Balaban J connectivity index is 1.86. The molecule has 0 fully saturated rings. The second-order valence-electron chi connectivity index (χ2n) is 6.75. The molecule has 6 nitrogen and oxygen atoms in total. The van der Waals surface area contributed by atoms with Crippen molar-refractivity contribution in [2.24, 2.45) is 0 Å². The molecule has 0 aliphatic rings. The van der Waals surface area contributed by atoms with E-state index in [1.165, 1.54) is 17.0 Å². The number of halogens is 1. The van der Waals surface area contributed by atoms with Crippen LogP contribution in [0.25, 0.3) is 27.8 Å². The molecule has 0 aliphatic heterocycles. The SMILES string of the molecule is Cc1cc(-n2cc(-c3cc(C(=O)N(C)C)c4cc(F)ccc4n3)cn2)ccn1. The molecule has 0 spiro atoms. The van der Waals surface area contributed by atoms with Crippen molar-refractivity contribution < 1.29 is 9.18 Å². The average Bonchev–Trinajstić information content (AvgIpc) is 3.17. The van der Waals surface area contributed by atoms with Crippen molar-refractivity contribution in [2.75, 3.05) is 14.1 Å². The van der Waals surface area contributed by atoms with Gasteiger partial charge in [0.25, 0.3) is 5.91 Å². The summed E-state index contributed by atoms with van der Waals surface area (Å²) in [5, 5.41) is 4.89. The number of hydrogen-bond donors (Lipinski definition) is 0. The number of aryl methyl sites for hydroxylation is 1. The highest BCUT2D eigenvalue weighted by atomic mass is 19.1. The first kappa shape index (κ1) is 17.8. The Bertz CT molecular complexity index is 1200. The minimum Gasteiger partial charge on any atom is -0.345 e. The standard InChI is InChI=1S/C21H18FN5O/c1-13-8-16(6-7-23-13)27-12-14(11-24-27)20-10-18(21(28)26(2)3)17-9-15(22)4-5-19(17)25-20/h4-12H,1-3H3. The van der Waals surface area contributed by atoms with Gasteiger partial charge in [-0.15, -0.1) is 0 Å². The van der Waals surface area contributed by atoms with Crippen LogP contribution in [-0.2, 0) is 0 Å². The Morgan fingerprint density at radius 1 is 1.14 bits per heavy atom. The third-order valence-corrected chi connectivity index (χ3v) is 4.43. The molecule has 4 aromatic rings. The summed E-state index contributed by atoms with van der Waals surface area (Å²) >= 11 is 0. The Morgan fingerprint density at radius 2 is 1.96 bits per heavy atom. The molecular formula is C21H18FN5O. The zero-order valence-corrected chi connectivity index (χ0v) is 15.7. The van der Waals surface area contributed by atoms with Crippen molar-refractivity contribution >= 4 is 16.8 Å². The minimum atomic E-state index is -0.407. The lowest BCUT2D eigenvalue weighted by Gasteiger charge is -2.13. The van der Waals surface area contributed by atoms with Crippen LogP contribution in [0, 0.1) is 12.7 Å². The highest BCUT2D eigenvalue weighted by Crippen LogP contribution is 2.26. The van der Waals surface area contributed by atoms with E-state index in [4.69, 9.17) is 0 Å². The van der Waals surface area contributed by atoms with Crippen LogP contribution in [0.3, 0.4) is 0 Å². The molecule has 4 rings (SSSR count). The molecule has 0 saturated heterocycles. The fourth-order valence-electron chi connectivity index (χ4n) is 3.03. The molecule has 28 heavy (non-hydrogen) atoms. The predicted octanol–water partition coefficient (Wildman–Crippen LogP) is 3.63. The number of nitrogens with zero attached hydrogens (tertiary/aromatic N) is 5. The fourth-order valence-corrected chi connectivity index (χ4v) is 3.03. The van der Waals surface area contributed by atoms with Gasteiger partial charge < -0.3 is 4.90 Å². The number of carbonyl (C=O) groups is 1. The maximum Gasteiger partial charge on any atom is 0.254 e. The van der Waals surface area contributed by atoms with E-state index in [9.17, 15) is 9.18 Å². The van der Waals surface area contributed by atoms with Gasteiger partial charge in [0.05, 0.1) is 28.7 Å². The van der Waals surface area contributed by atoms with Gasteiger partial charge in [0, 0.05) is 43.1 Å². The van der Waals surface area contributed by atoms with Crippen LogP contribution >= 0.6 is 0 Å². The maximum atomic E-state index is 13.8. The summed E-state index contributed by atoms with van der Waals surface area (Å²) in [7, 11) is 3.33. The van der Waals surface area contributed by atoms with E-state index in [0.29, 0.717) is 22.2 Å². The Kier molecular flexibility index (Phi) is 4.35. The molecule has 0 radical (unpaired) electrons.